The van der Waals surface area contributed by atoms with Gasteiger partial charge in [0, 0.05) is 25.8 Å². The summed E-state index contributed by atoms with van der Waals surface area (Å²) in [6, 6.07) is 23.0. The summed E-state index contributed by atoms with van der Waals surface area (Å²) in [5.41, 5.74) is 3.09. The van der Waals surface area contributed by atoms with Crippen molar-refractivity contribution in [1.82, 2.24) is 10.0 Å². The number of ether oxygens (including phenoxy) is 1. The fraction of sp³-hybridized carbons (Fsp3) is 0.174. The van der Waals surface area contributed by atoms with Gasteiger partial charge in [0.25, 0.3) is 5.91 Å². The van der Waals surface area contributed by atoms with Crippen LogP contribution in [-0.4, -0.2) is 21.4 Å². The Bertz CT molecular complexity index is 1100. The van der Waals surface area contributed by atoms with Crippen LogP contribution in [0.4, 0.5) is 0 Å². The molecule has 0 radical (unpaired) electrons. The minimum Gasteiger partial charge on any atom is -0.380 e. The summed E-state index contributed by atoms with van der Waals surface area (Å²) in [4.78, 5) is 12.6. The van der Waals surface area contributed by atoms with Gasteiger partial charge in [0.1, 0.15) is 0 Å². The van der Waals surface area contributed by atoms with Crippen molar-refractivity contribution in [3.05, 3.63) is 101 Å². The molecule has 7 heteroatoms. The van der Waals surface area contributed by atoms with E-state index in [-0.39, 0.29) is 22.9 Å². The van der Waals surface area contributed by atoms with Crippen molar-refractivity contribution in [2.45, 2.75) is 24.6 Å². The van der Waals surface area contributed by atoms with Crippen LogP contribution in [0.25, 0.3) is 0 Å². The predicted octanol–water partition coefficient (Wildman–Crippen LogP) is 3.24. The third-order valence-electron chi connectivity index (χ3n) is 4.47. The lowest BCUT2D eigenvalue weighted by molar-refractivity contribution is 0.0950. The van der Waals surface area contributed by atoms with Crippen LogP contribution in [-0.2, 0) is 34.5 Å². The van der Waals surface area contributed by atoms with Gasteiger partial charge in [-0.3, -0.25) is 4.79 Å². The van der Waals surface area contributed by atoms with Crippen LogP contribution < -0.4 is 10.0 Å². The van der Waals surface area contributed by atoms with Crippen molar-refractivity contribution >= 4 is 15.9 Å². The van der Waals surface area contributed by atoms with E-state index in [2.05, 4.69) is 10.0 Å². The van der Waals surface area contributed by atoms with Crippen LogP contribution in [0.2, 0.25) is 0 Å². The van der Waals surface area contributed by atoms with Crippen molar-refractivity contribution in [2.24, 2.45) is 0 Å². The molecule has 0 fully saturated rings. The standard InChI is InChI=1S/C23H24N2O4S/c1-29-17-20-10-5-9-19(13-20)15-24-23(26)21-11-6-12-22(14-21)30(27,28)25-16-18-7-3-2-4-8-18/h2-14,25H,15-17H2,1H3,(H,24,26). The number of nitrogens with one attached hydrogen (secondary N) is 2. The topological polar surface area (TPSA) is 84.5 Å². The molecule has 0 aliphatic rings. The minimum absolute atomic E-state index is 0.0492. The summed E-state index contributed by atoms with van der Waals surface area (Å²) < 4.78 is 32.9. The van der Waals surface area contributed by atoms with E-state index in [4.69, 9.17) is 4.74 Å². The number of sulfonamides is 1. The third-order valence-corrected chi connectivity index (χ3v) is 5.87. The Balaban J connectivity index is 1.65. The lowest BCUT2D eigenvalue weighted by atomic mass is 10.1. The van der Waals surface area contributed by atoms with Crippen LogP contribution >= 0.6 is 0 Å². The van der Waals surface area contributed by atoms with Gasteiger partial charge in [-0.05, 0) is 34.9 Å². The van der Waals surface area contributed by atoms with Gasteiger partial charge in [-0.1, -0.05) is 60.7 Å². The molecule has 0 atom stereocenters. The monoisotopic (exact) mass is 424 g/mol. The fourth-order valence-corrected chi connectivity index (χ4v) is 4.01. The van der Waals surface area contributed by atoms with Crippen molar-refractivity contribution < 1.29 is 17.9 Å². The van der Waals surface area contributed by atoms with Crippen LogP contribution in [0, 0.1) is 0 Å². The molecule has 0 saturated carbocycles. The lowest BCUT2D eigenvalue weighted by Gasteiger charge is -2.10. The van der Waals surface area contributed by atoms with Gasteiger partial charge < -0.3 is 10.1 Å². The Morgan fingerprint density at radius 3 is 2.30 bits per heavy atom. The molecule has 3 aromatic rings. The summed E-state index contributed by atoms with van der Waals surface area (Å²) in [7, 11) is -2.11. The number of amides is 1. The first-order valence-corrected chi connectivity index (χ1v) is 10.9. The molecule has 3 aromatic carbocycles. The average Bonchev–Trinajstić information content (AvgIpc) is 2.77. The molecule has 0 bridgehead atoms. The van der Waals surface area contributed by atoms with Gasteiger partial charge in [0.05, 0.1) is 11.5 Å². The van der Waals surface area contributed by atoms with E-state index >= 15 is 0 Å². The van der Waals surface area contributed by atoms with Crippen molar-refractivity contribution in [1.29, 1.82) is 0 Å². The maximum absolute atomic E-state index is 12.6. The first-order valence-electron chi connectivity index (χ1n) is 9.46. The Kier molecular flexibility index (Phi) is 7.35. The van der Waals surface area contributed by atoms with E-state index in [9.17, 15) is 13.2 Å². The van der Waals surface area contributed by atoms with E-state index < -0.39 is 10.0 Å². The molecule has 0 saturated heterocycles. The average molecular weight is 425 g/mol. The largest absolute Gasteiger partial charge is 0.380 e. The second-order valence-corrected chi connectivity index (χ2v) is 8.54. The zero-order chi connectivity index (χ0) is 21.4. The highest BCUT2D eigenvalue weighted by Gasteiger charge is 2.16. The first kappa shape index (κ1) is 21.7. The first-order chi connectivity index (χ1) is 14.5. The molecule has 0 aliphatic carbocycles. The van der Waals surface area contributed by atoms with Crippen LogP contribution in [0.15, 0.2) is 83.8 Å². The molecule has 3 rings (SSSR count). The number of carbonyl (C=O) groups is 1. The van der Waals surface area contributed by atoms with E-state index in [1.165, 1.54) is 12.1 Å². The van der Waals surface area contributed by atoms with Gasteiger partial charge in [0.15, 0.2) is 0 Å². The maximum atomic E-state index is 12.6. The highest BCUT2D eigenvalue weighted by Crippen LogP contribution is 2.13. The molecular formula is C23H24N2O4S. The minimum atomic E-state index is -3.74. The Hall–Kier alpha value is -3.00. The zero-order valence-corrected chi connectivity index (χ0v) is 17.5. The van der Waals surface area contributed by atoms with Gasteiger partial charge in [-0.25, -0.2) is 13.1 Å². The number of rotatable bonds is 9. The summed E-state index contributed by atoms with van der Waals surface area (Å²) in [6.07, 6.45) is 0. The van der Waals surface area contributed by atoms with Gasteiger partial charge in [0.2, 0.25) is 10.0 Å². The van der Waals surface area contributed by atoms with E-state index in [1.807, 2.05) is 54.6 Å². The number of methoxy groups -OCH3 is 1. The quantitative estimate of drug-likeness (QED) is 0.552. The van der Waals surface area contributed by atoms with Gasteiger partial charge in [-0.15, -0.1) is 0 Å². The zero-order valence-electron chi connectivity index (χ0n) is 16.7. The Morgan fingerprint density at radius 2 is 1.53 bits per heavy atom. The van der Waals surface area contributed by atoms with Crippen molar-refractivity contribution in [2.75, 3.05) is 7.11 Å². The summed E-state index contributed by atoms with van der Waals surface area (Å²) in [6.45, 7) is 1.01. The van der Waals surface area contributed by atoms with Crippen molar-refractivity contribution in [3.63, 3.8) is 0 Å². The molecular weight excluding hydrogens is 400 g/mol. The van der Waals surface area contributed by atoms with Gasteiger partial charge >= 0.3 is 0 Å². The number of carbonyl (C=O) groups excluding carboxylic acids is 1. The summed E-state index contributed by atoms with van der Waals surface area (Å²) in [5, 5.41) is 2.83. The van der Waals surface area contributed by atoms with Gasteiger partial charge in [-0.2, -0.15) is 0 Å². The van der Waals surface area contributed by atoms with Crippen LogP contribution in [0.3, 0.4) is 0 Å². The second-order valence-electron chi connectivity index (χ2n) is 6.77. The predicted molar refractivity (Wildman–Crippen MR) is 115 cm³/mol. The normalized spacial score (nSPS) is 11.2. The second kappa shape index (κ2) is 10.2. The number of hydrogen-bond acceptors (Lipinski definition) is 4. The molecule has 6 nitrogen and oxygen atoms in total. The molecule has 156 valence electrons. The molecule has 2 N–H and O–H groups in total. The summed E-state index contributed by atoms with van der Waals surface area (Å²) >= 11 is 0. The lowest BCUT2D eigenvalue weighted by Crippen LogP contribution is -2.25. The Morgan fingerprint density at radius 1 is 0.833 bits per heavy atom. The molecule has 0 aromatic heterocycles. The Labute approximate surface area is 177 Å². The highest BCUT2D eigenvalue weighted by molar-refractivity contribution is 7.89. The van der Waals surface area contributed by atoms with E-state index in [1.54, 1.807) is 19.2 Å². The molecule has 30 heavy (non-hydrogen) atoms. The number of hydrogen-bond donors (Lipinski definition) is 2. The third kappa shape index (κ3) is 6.00. The number of benzene rings is 3. The maximum Gasteiger partial charge on any atom is 0.251 e. The SMILES string of the molecule is COCc1cccc(CNC(=O)c2cccc(S(=O)(=O)NCc3ccccc3)c2)c1. The van der Waals surface area contributed by atoms with E-state index in [0.717, 1.165) is 16.7 Å². The smallest absolute Gasteiger partial charge is 0.251 e. The molecule has 0 heterocycles. The molecule has 1 amide bonds. The molecule has 0 aliphatic heterocycles. The molecule has 0 spiro atoms. The van der Waals surface area contributed by atoms with Crippen molar-refractivity contribution in [3.8, 4) is 0 Å². The fourth-order valence-electron chi connectivity index (χ4n) is 2.94. The van der Waals surface area contributed by atoms with E-state index in [0.29, 0.717) is 13.2 Å². The summed E-state index contributed by atoms with van der Waals surface area (Å²) in [5.74, 6) is -0.341. The molecule has 0 unspecified atom stereocenters. The van der Waals surface area contributed by atoms with Crippen LogP contribution in [0.5, 0.6) is 0 Å². The highest BCUT2D eigenvalue weighted by atomic mass is 32.2. The van der Waals surface area contributed by atoms with Crippen LogP contribution in [0.1, 0.15) is 27.0 Å².